The van der Waals surface area contributed by atoms with Gasteiger partial charge in [-0.25, -0.2) is 0 Å². The molecular weight excluding hydrogens is 519 g/mol. The molecule has 0 unspecified atom stereocenters. The highest BCUT2D eigenvalue weighted by Gasteiger charge is 2.31. The number of pyridine rings is 1. The summed E-state index contributed by atoms with van der Waals surface area (Å²) in [5.41, 5.74) is -0.687. The van der Waals surface area contributed by atoms with Crippen molar-refractivity contribution in [1.29, 1.82) is 0 Å². The Labute approximate surface area is 218 Å². The van der Waals surface area contributed by atoms with Crippen molar-refractivity contribution in [2.24, 2.45) is 0 Å². The molecule has 13 heteroatoms. The number of nitrogens with one attached hydrogen (secondary N) is 1. The molecule has 2 aromatic heterocycles. The first kappa shape index (κ1) is 26.0. The summed E-state index contributed by atoms with van der Waals surface area (Å²) in [5.74, 6) is -0.502. The molecule has 1 amide bonds. The van der Waals surface area contributed by atoms with E-state index in [1.165, 1.54) is 29.0 Å². The summed E-state index contributed by atoms with van der Waals surface area (Å²) in [4.78, 5) is 40.7. The van der Waals surface area contributed by atoms with Crippen LogP contribution in [0, 0.1) is 0 Å². The minimum Gasteiger partial charge on any atom is -0.406 e. The van der Waals surface area contributed by atoms with Gasteiger partial charge in [0.2, 0.25) is 5.91 Å². The first-order chi connectivity index (χ1) is 18.7. The van der Waals surface area contributed by atoms with E-state index in [1.807, 2.05) is 0 Å². The van der Waals surface area contributed by atoms with E-state index in [4.69, 9.17) is 4.74 Å². The molecule has 39 heavy (non-hydrogen) atoms. The second-order valence-corrected chi connectivity index (χ2v) is 8.63. The smallest absolute Gasteiger partial charge is 0.406 e. The third-order valence-corrected chi connectivity index (χ3v) is 6.06. The van der Waals surface area contributed by atoms with Crippen LogP contribution in [0.1, 0.15) is 0 Å². The average Bonchev–Trinajstić information content (AvgIpc) is 2.92. The molecule has 0 saturated carbocycles. The molecule has 0 radical (unpaired) electrons. The lowest BCUT2D eigenvalue weighted by molar-refractivity contribution is -0.274. The van der Waals surface area contributed by atoms with Gasteiger partial charge in [0.15, 0.2) is 5.82 Å². The highest BCUT2D eigenvalue weighted by Crippen LogP contribution is 2.25. The third-order valence-electron chi connectivity index (χ3n) is 6.06. The van der Waals surface area contributed by atoms with Crippen molar-refractivity contribution in [3.63, 3.8) is 0 Å². The molecule has 1 aliphatic rings. The van der Waals surface area contributed by atoms with Crippen molar-refractivity contribution in [1.82, 2.24) is 19.2 Å². The van der Waals surface area contributed by atoms with Crippen LogP contribution in [-0.4, -0.2) is 57.8 Å². The number of carbonyl (C=O) groups is 1. The molecule has 5 rings (SSSR count). The van der Waals surface area contributed by atoms with Gasteiger partial charge in [-0.05, 0) is 42.5 Å². The number of aromatic nitrogens is 3. The van der Waals surface area contributed by atoms with Crippen molar-refractivity contribution in [3.8, 4) is 11.4 Å². The van der Waals surface area contributed by atoms with Gasteiger partial charge >= 0.3 is 6.36 Å². The Balaban J connectivity index is 1.49. The van der Waals surface area contributed by atoms with E-state index in [9.17, 15) is 27.6 Å². The van der Waals surface area contributed by atoms with Crippen LogP contribution >= 0.6 is 0 Å². The molecule has 0 spiro atoms. The van der Waals surface area contributed by atoms with Gasteiger partial charge in [-0.2, -0.15) is 4.68 Å². The van der Waals surface area contributed by atoms with Crippen LogP contribution < -0.4 is 21.2 Å². The largest absolute Gasteiger partial charge is 0.573 e. The number of ether oxygens (including phenoxy) is 2. The predicted molar refractivity (Wildman–Crippen MR) is 135 cm³/mol. The highest BCUT2D eigenvalue weighted by molar-refractivity contribution is 5.92. The summed E-state index contributed by atoms with van der Waals surface area (Å²) < 4.78 is 49.1. The molecule has 202 valence electrons. The summed E-state index contributed by atoms with van der Waals surface area (Å²) in [6, 6.07) is 14.4. The minimum absolute atomic E-state index is 0.115. The topological polar surface area (TPSA) is 108 Å². The van der Waals surface area contributed by atoms with Crippen molar-refractivity contribution < 1.29 is 27.4 Å². The number of morpholine rings is 1. The number of benzene rings is 2. The molecule has 10 nitrogen and oxygen atoms in total. The highest BCUT2D eigenvalue weighted by atomic mass is 19.4. The van der Waals surface area contributed by atoms with Gasteiger partial charge in [0.05, 0.1) is 24.3 Å². The normalized spacial score (nSPS) is 13.9. The molecule has 2 aromatic carbocycles. The SMILES string of the molecule is O=C(Cn1cccc(Nc2nn(-c3ccc(OC(F)(F)F)cc3)c(=O)c3ccccc23)c1=O)N1CCOCC1. The molecule has 4 aromatic rings. The molecule has 3 heterocycles. The van der Waals surface area contributed by atoms with Crippen LogP contribution in [0.15, 0.2) is 76.4 Å². The van der Waals surface area contributed by atoms with E-state index < -0.39 is 23.2 Å². The number of fused-ring (bicyclic) bond motifs is 1. The number of carbonyl (C=O) groups excluding carboxylic acids is 1. The van der Waals surface area contributed by atoms with Crippen LogP contribution in [0.3, 0.4) is 0 Å². The maximum Gasteiger partial charge on any atom is 0.573 e. The molecule has 0 bridgehead atoms. The predicted octanol–water partition coefficient (Wildman–Crippen LogP) is 3.05. The lowest BCUT2D eigenvalue weighted by atomic mass is 10.2. The fourth-order valence-corrected chi connectivity index (χ4v) is 4.19. The molecule has 1 fully saturated rings. The Morgan fingerprint density at radius 2 is 1.64 bits per heavy atom. The molecular formula is C26H22F3N5O5. The quantitative estimate of drug-likeness (QED) is 0.400. The lowest BCUT2D eigenvalue weighted by Crippen LogP contribution is -2.43. The van der Waals surface area contributed by atoms with Crippen molar-refractivity contribution in [2.45, 2.75) is 12.9 Å². The summed E-state index contributed by atoms with van der Waals surface area (Å²) >= 11 is 0. The standard InChI is InChI=1S/C26H22F3N5O5/c27-26(28,29)39-18-9-7-17(8-10-18)34-24(36)20-5-2-1-4-19(20)23(31-34)30-21-6-3-11-33(25(21)37)16-22(35)32-12-14-38-15-13-32/h1-11H,12-16H2,(H,30,31). The Morgan fingerprint density at radius 3 is 2.33 bits per heavy atom. The number of halogens is 3. The van der Waals surface area contributed by atoms with E-state index in [0.717, 1.165) is 16.8 Å². The zero-order chi connectivity index (χ0) is 27.6. The molecule has 1 N–H and O–H groups in total. The van der Waals surface area contributed by atoms with E-state index >= 15 is 0 Å². The fraction of sp³-hybridized carbons (Fsp3) is 0.231. The summed E-state index contributed by atoms with van der Waals surface area (Å²) in [7, 11) is 0. The summed E-state index contributed by atoms with van der Waals surface area (Å²) in [6.45, 7) is 1.62. The molecule has 0 atom stereocenters. The summed E-state index contributed by atoms with van der Waals surface area (Å²) in [5, 5.41) is 8.03. The first-order valence-corrected chi connectivity index (χ1v) is 11.9. The van der Waals surface area contributed by atoms with Crippen LogP contribution in [0.2, 0.25) is 0 Å². The Kier molecular flexibility index (Phi) is 7.07. The van der Waals surface area contributed by atoms with Crippen molar-refractivity contribution in [3.05, 3.63) is 87.6 Å². The van der Waals surface area contributed by atoms with Crippen LogP contribution in [-0.2, 0) is 16.1 Å². The second kappa shape index (κ2) is 10.6. The van der Waals surface area contributed by atoms with E-state index in [-0.39, 0.29) is 35.0 Å². The van der Waals surface area contributed by atoms with Crippen LogP contribution in [0.5, 0.6) is 5.75 Å². The van der Waals surface area contributed by atoms with Gasteiger partial charge in [-0.1, -0.05) is 18.2 Å². The number of amides is 1. The van der Waals surface area contributed by atoms with Crippen LogP contribution in [0.25, 0.3) is 16.5 Å². The zero-order valence-electron chi connectivity index (χ0n) is 20.4. The van der Waals surface area contributed by atoms with Gasteiger partial charge in [0.25, 0.3) is 11.1 Å². The Morgan fingerprint density at radius 1 is 0.949 bits per heavy atom. The number of hydrogen-bond acceptors (Lipinski definition) is 7. The molecule has 1 aliphatic heterocycles. The maximum atomic E-state index is 13.2. The summed E-state index contributed by atoms with van der Waals surface area (Å²) in [6.07, 6.45) is -3.35. The lowest BCUT2D eigenvalue weighted by Gasteiger charge is -2.27. The minimum atomic E-state index is -4.86. The van der Waals surface area contributed by atoms with E-state index in [0.29, 0.717) is 31.7 Å². The van der Waals surface area contributed by atoms with Gasteiger partial charge in [-0.15, -0.1) is 18.3 Å². The van der Waals surface area contributed by atoms with E-state index in [2.05, 4.69) is 15.2 Å². The maximum absolute atomic E-state index is 13.2. The monoisotopic (exact) mass is 541 g/mol. The zero-order valence-corrected chi connectivity index (χ0v) is 20.4. The number of anilines is 2. The van der Waals surface area contributed by atoms with Gasteiger partial charge in [-0.3, -0.25) is 14.4 Å². The fourth-order valence-electron chi connectivity index (χ4n) is 4.19. The number of hydrogen-bond donors (Lipinski definition) is 1. The number of nitrogens with zero attached hydrogens (tertiary/aromatic N) is 4. The van der Waals surface area contributed by atoms with E-state index in [1.54, 1.807) is 35.2 Å². The first-order valence-electron chi connectivity index (χ1n) is 11.9. The van der Waals surface area contributed by atoms with Crippen molar-refractivity contribution in [2.75, 3.05) is 31.6 Å². The average molecular weight is 541 g/mol. The number of rotatable bonds is 6. The Hall–Kier alpha value is -4.65. The van der Waals surface area contributed by atoms with Crippen molar-refractivity contribution >= 4 is 28.2 Å². The molecule has 1 saturated heterocycles. The van der Waals surface area contributed by atoms with Gasteiger partial charge < -0.3 is 24.3 Å². The second-order valence-electron chi connectivity index (χ2n) is 8.63. The third kappa shape index (κ3) is 5.77. The Bertz CT molecular complexity index is 1630. The van der Waals surface area contributed by atoms with Gasteiger partial charge in [0, 0.05) is 24.7 Å². The molecule has 0 aliphatic carbocycles. The van der Waals surface area contributed by atoms with Crippen LogP contribution in [0.4, 0.5) is 24.7 Å². The number of alkyl halides is 3. The van der Waals surface area contributed by atoms with Gasteiger partial charge in [0.1, 0.15) is 18.0 Å².